The molecule has 0 unspecified atom stereocenters. The molecule has 1 aromatic carbocycles. The third-order valence-electron chi connectivity index (χ3n) is 2.20. The maximum atomic E-state index is 5.77. The van der Waals surface area contributed by atoms with Crippen LogP contribution in [0.25, 0.3) is 10.9 Å². The zero-order valence-electron chi connectivity index (χ0n) is 11.8. The molecule has 0 aliphatic rings. The van der Waals surface area contributed by atoms with Gasteiger partial charge in [-0.05, 0) is 32.0 Å². The second kappa shape index (κ2) is 7.66. The first-order chi connectivity index (χ1) is 8.16. The Hall–Kier alpha value is -1.57. The van der Waals surface area contributed by atoms with E-state index in [9.17, 15) is 0 Å². The molecule has 0 aliphatic heterocycles. The Morgan fingerprint density at radius 3 is 2.12 bits per heavy atom. The smallest absolute Gasteiger partial charge is 0.0707 e. The summed E-state index contributed by atoms with van der Waals surface area (Å²) in [6.07, 6.45) is 0. The van der Waals surface area contributed by atoms with Crippen LogP contribution in [0.2, 0.25) is 0 Å². The Morgan fingerprint density at radius 1 is 0.941 bits per heavy atom. The van der Waals surface area contributed by atoms with E-state index in [-0.39, 0.29) is 0 Å². The number of aromatic nitrogens is 1. The van der Waals surface area contributed by atoms with Crippen molar-refractivity contribution in [1.29, 1.82) is 0 Å². The summed E-state index contributed by atoms with van der Waals surface area (Å²) < 4.78 is 0. The SMILES string of the molecule is CC.CC.Cc1ccc2nc(C)c(N)cc2c1. The number of nitrogens with two attached hydrogens (primary N) is 1. The van der Waals surface area contributed by atoms with Crippen LogP contribution in [0.15, 0.2) is 24.3 Å². The number of hydrogen-bond acceptors (Lipinski definition) is 2. The van der Waals surface area contributed by atoms with Crippen LogP contribution in [-0.4, -0.2) is 4.98 Å². The van der Waals surface area contributed by atoms with E-state index < -0.39 is 0 Å². The summed E-state index contributed by atoms with van der Waals surface area (Å²) in [5.41, 5.74) is 9.68. The number of pyridine rings is 1. The van der Waals surface area contributed by atoms with Crippen molar-refractivity contribution in [2.75, 3.05) is 5.73 Å². The lowest BCUT2D eigenvalue weighted by Gasteiger charge is -2.03. The minimum Gasteiger partial charge on any atom is -0.397 e. The molecule has 0 saturated carbocycles. The van der Waals surface area contributed by atoms with Gasteiger partial charge in [-0.2, -0.15) is 0 Å². The average molecular weight is 232 g/mol. The summed E-state index contributed by atoms with van der Waals surface area (Å²) in [7, 11) is 0. The van der Waals surface area contributed by atoms with Crippen molar-refractivity contribution in [3.05, 3.63) is 35.5 Å². The summed E-state index contributed by atoms with van der Waals surface area (Å²) >= 11 is 0. The van der Waals surface area contributed by atoms with Gasteiger partial charge in [-0.25, -0.2) is 0 Å². The molecule has 1 heterocycles. The number of nitrogens with zero attached hydrogens (tertiary/aromatic N) is 1. The predicted molar refractivity (Wildman–Crippen MR) is 78.3 cm³/mol. The van der Waals surface area contributed by atoms with Crippen LogP contribution in [-0.2, 0) is 0 Å². The van der Waals surface area contributed by atoms with Crippen molar-refractivity contribution in [3.8, 4) is 0 Å². The summed E-state index contributed by atoms with van der Waals surface area (Å²) in [6.45, 7) is 12.0. The highest BCUT2D eigenvalue weighted by molar-refractivity contribution is 5.82. The summed E-state index contributed by atoms with van der Waals surface area (Å²) in [6, 6.07) is 8.16. The molecule has 94 valence electrons. The molecule has 2 aromatic rings. The number of benzene rings is 1. The highest BCUT2D eigenvalue weighted by Crippen LogP contribution is 2.18. The molecule has 1 aromatic heterocycles. The average Bonchev–Trinajstić information content (AvgIpc) is 2.36. The van der Waals surface area contributed by atoms with Gasteiger partial charge in [0.2, 0.25) is 0 Å². The van der Waals surface area contributed by atoms with Crippen molar-refractivity contribution in [3.63, 3.8) is 0 Å². The van der Waals surface area contributed by atoms with Gasteiger partial charge in [-0.15, -0.1) is 0 Å². The first-order valence-corrected chi connectivity index (χ1v) is 6.30. The fourth-order valence-corrected chi connectivity index (χ4v) is 1.41. The molecule has 0 radical (unpaired) electrons. The first-order valence-electron chi connectivity index (χ1n) is 6.30. The normalized spacial score (nSPS) is 8.82. The van der Waals surface area contributed by atoms with E-state index in [2.05, 4.69) is 24.0 Å². The van der Waals surface area contributed by atoms with Crippen LogP contribution in [0.5, 0.6) is 0 Å². The van der Waals surface area contributed by atoms with Crippen molar-refractivity contribution in [2.45, 2.75) is 41.5 Å². The molecule has 0 atom stereocenters. The Morgan fingerprint density at radius 2 is 1.53 bits per heavy atom. The minimum absolute atomic E-state index is 0.762. The quantitative estimate of drug-likeness (QED) is 0.727. The standard InChI is InChI=1S/C11H12N2.2C2H6/c1-7-3-4-11-9(5-7)6-10(12)8(2)13-11;2*1-2/h3-6H,12H2,1-2H3;2*1-2H3. The molecule has 2 nitrogen and oxygen atoms in total. The Balaban J connectivity index is 0.000000581. The monoisotopic (exact) mass is 232 g/mol. The van der Waals surface area contributed by atoms with E-state index in [0.717, 1.165) is 22.3 Å². The zero-order valence-corrected chi connectivity index (χ0v) is 11.8. The molecule has 0 spiro atoms. The van der Waals surface area contributed by atoms with Gasteiger partial charge in [-0.3, -0.25) is 4.98 Å². The van der Waals surface area contributed by atoms with Gasteiger partial charge in [0.05, 0.1) is 16.9 Å². The van der Waals surface area contributed by atoms with E-state index >= 15 is 0 Å². The molecule has 0 bridgehead atoms. The highest BCUT2D eigenvalue weighted by Gasteiger charge is 1.99. The zero-order chi connectivity index (χ0) is 13.4. The van der Waals surface area contributed by atoms with Gasteiger partial charge in [0, 0.05) is 5.39 Å². The Labute approximate surface area is 105 Å². The number of anilines is 1. The number of fused-ring (bicyclic) bond motifs is 1. The third-order valence-corrected chi connectivity index (χ3v) is 2.20. The number of hydrogen-bond donors (Lipinski definition) is 1. The fraction of sp³-hybridized carbons (Fsp3) is 0.400. The molecule has 2 N–H and O–H groups in total. The van der Waals surface area contributed by atoms with Crippen molar-refractivity contribution < 1.29 is 0 Å². The molecular formula is C15H24N2. The van der Waals surface area contributed by atoms with Crippen LogP contribution in [0.1, 0.15) is 39.0 Å². The maximum Gasteiger partial charge on any atom is 0.0707 e. The van der Waals surface area contributed by atoms with Crippen LogP contribution in [0, 0.1) is 13.8 Å². The van der Waals surface area contributed by atoms with E-state index in [0.29, 0.717) is 0 Å². The Kier molecular flexibility index (Phi) is 6.95. The lowest BCUT2D eigenvalue weighted by molar-refractivity contribution is 1.26. The largest absolute Gasteiger partial charge is 0.397 e. The summed E-state index contributed by atoms with van der Waals surface area (Å²) in [5, 5.41) is 1.11. The molecule has 0 fully saturated rings. The first kappa shape index (κ1) is 15.4. The lowest BCUT2D eigenvalue weighted by Crippen LogP contribution is -1.93. The van der Waals surface area contributed by atoms with Gasteiger partial charge >= 0.3 is 0 Å². The topological polar surface area (TPSA) is 38.9 Å². The van der Waals surface area contributed by atoms with Gasteiger partial charge < -0.3 is 5.73 Å². The summed E-state index contributed by atoms with van der Waals surface area (Å²) in [4.78, 5) is 4.39. The number of rotatable bonds is 0. The molecule has 0 saturated heterocycles. The van der Waals surface area contributed by atoms with Gasteiger partial charge in [0.25, 0.3) is 0 Å². The molecule has 2 rings (SSSR count). The molecule has 17 heavy (non-hydrogen) atoms. The van der Waals surface area contributed by atoms with Gasteiger partial charge in [-0.1, -0.05) is 39.3 Å². The van der Waals surface area contributed by atoms with E-state index in [1.807, 2.05) is 46.8 Å². The predicted octanol–water partition coefficient (Wildman–Crippen LogP) is 4.49. The molecule has 0 aliphatic carbocycles. The molecular weight excluding hydrogens is 208 g/mol. The highest BCUT2D eigenvalue weighted by atomic mass is 14.7. The van der Waals surface area contributed by atoms with Crippen LogP contribution in [0.4, 0.5) is 5.69 Å². The molecule has 0 amide bonds. The van der Waals surface area contributed by atoms with Crippen LogP contribution in [0.3, 0.4) is 0 Å². The van der Waals surface area contributed by atoms with Crippen molar-refractivity contribution in [2.24, 2.45) is 0 Å². The maximum absolute atomic E-state index is 5.77. The number of nitrogen functional groups attached to an aromatic ring is 1. The lowest BCUT2D eigenvalue weighted by atomic mass is 10.1. The van der Waals surface area contributed by atoms with Crippen molar-refractivity contribution >= 4 is 16.6 Å². The van der Waals surface area contributed by atoms with E-state index in [1.54, 1.807) is 0 Å². The third kappa shape index (κ3) is 4.06. The van der Waals surface area contributed by atoms with Crippen molar-refractivity contribution in [1.82, 2.24) is 4.98 Å². The second-order valence-electron chi connectivity index (χ2n) is 3.36. The van der Waals surface area contributed by atoms with Crippen LogP contribution < -0.4 is 5.73 Å². The van der Waals surface area contributed by atoms with E-state index in [4.69, 9.17) is 5.73 Å². The second-order valence-corrected chi connectivity index (χ2v) is 3.36. The number of aryl methyl sites for hydroxylation is 2. The van der Waals surface area contributed by atoms with E-state index in [1.165, 1.54) is 5.56 Å². The van der Waals surface area contributed by atoms with Crippen LogP contribution >= 0.6 is 0 Å². The Bertz CT molecular complexity index is 462. The van der Waals surface area contributed by atoms with Gasteiger partial charge in [0.1, 0.15) is 0 Å². The summed E-state index contributed by atoms with van der Waals surface area (Å²) in [5.74, 6) is 0. The van der Waals surface area contributed by atoms with Gasteiger partial charge in [0.15, 0.2) is 0 Å². The molecule has 2 heteroatoms. The fourth-order valence-electron chi connectivity index (χ4n) is 1.41. The minimum atomic E-state index is 0.762.